The van der Waals surface area contributed by atoms with Crippen molar-refractivity contribution in [3.63, 3.8) is 0 Å². The zero-order valence-corrected chi connectivity index (χ0v) is 10.9. The Bertz CT molecular complexity index is 539. The molecular formula is C12H16N4O4. The van der Waals surface area contributed by atoms with Crippen molar-refractivity contribution < 1.29 is 14.5 Å². The lowest BCUT2D eigenvalue weighted by molar-refractivity contribution is -0.384. The second-order valence-corrected chi connectivity index (χ2v) is 4.84. The Labute approximate surface area is 115 Å². The molecule has 0 aromatic carbocycles. The van der Waals surface area contributed by atoms with Crippen molar-refractivity contribution in [3.8, 4) is 0 Å². The molecular weight excluding hydrogens is 264 g/mol. The van der Waals surface area contributed by atoms with Crippen LogP contribution in [0.3, 0.4) is 0 Å². The quantitative estimate of drug-likeness (QED) is 0.460. The van der Waals surface area contributed by atoms with Gasteiger partial charge in [-0.1, -0.05) is 6.42 Å². The first-order valence-corrected chi connectivity index (χ1v) is 6.38. The van der Waals surface area contributed by atoms with Crippen molar-refractivity contribution in [2.45, 2.75) is 25.3 Å². The van der Waals surface area contributed by atoms with Crippen LogP contribution in [0.2, 0.25) is 0 Å². The van der Waals surface area contributed by atoms with Gasteiger partial charge < -0.3 is 10.7 Å². The van der Waals surface area contributed by atoms with E-state index in [9.17, 15) is 19.7 Å². The summed E-state index contributed by atoms with van der Waals surface area (Å²) in [6.45, 7) is 0.660. The van der Waals surface area contributed by atoms with Crippen LogP contribution in [0.1, 0.15) is 29.8 Å². The van der Waals surface area contributed by atoms with E-state index in [2.05, 4.69) is 4.98 Å². The van der Waals surface area contributed by atoms with E-state index in [4.69, 9.17) is 5.73 Å². The van der Waals surface area contributed by atoms with E-state index in [1.807, 2.05) is 0 Å². The number of H-pyrrole nitrogens is 1. The molecule has 1 fully saturated rings. The topological polar surface area (TPSA) is 122 Å². The highest BCUT2D eigenvalue weighted by Crippen LogP contribution is 2.18. The molecule has 8 heteroatoms. The molecule has 1 amide bonds. The molecule has 1 unspecified atom stereocenters. The lowest BCUT2D eigenvalue weighted by Crippen LogP contribution is -2.49. The number of nitrogens with zero attached hydrogens (tertiary/aromatic N) is 2. The number of aromatic nitrogens is 1. The first kappa shape index (κ1) is 14.2. The number of nitrogens with two attached hydrogens (primary N) is 1. The number of piperidine rings is 1. The molecule has 1 aliphatic heterocycles. The number of primary amides is 1. The maximum Gasteiger partial charge on any atom is 0.287 e. The number of hydrogen-bond donors (Lipinski definition) is 2. The van der Waals surface area contributed by atoms with Gasteiger partial charge in [0.1, 0.15) is 0 Å². The highest BCUT2D eigenvalue weighted by atomic mass is 16.6. The van der Waals surface area contributed by atoms with Crippen LogP contribution in [0.4, 0.5) is 5.69 Å². The number of nitrogens with one attached hydrogen (secondary N) is 1. The Morgan fingerprint density at radius 3 is 2.85 bits per heavy atom. The molecule has 0 spiro atoms. The standard InChI is InChI=1S/C12H16N4O4/c13-12(18)10-3-1-2-4-15(10)7-11(17)9-5-8(6-14-9)16(19)20/h5-6,10,14H,1-4,7H2,(H2,13,18). The monoisotopic (exact) mass is 280 g/mol. The minimum Gasteiger partial charge on any atom is -0.368 e. The number of rotatable bonds is 5. The molecule has 1 aromatic rings. The van der Waals surface area contributed by atoms with Gasteiger partial charge in [0.05, 0.1) is 29.4 Å². The van der Waals surface area contributed by atoms with E-state index < -0.39 is 16.9 Å². The molecule has 0 saturated carbocycles. The molecule has 3 N–H and O–H groups in total. The summed E-state index contributed by atoms with van der Waals surface area (Å²) in [5.74, 6) is -0.721. The van der Waals surface area contributed by atoms with Gasteiger partial charge in [-0.2, -0.15) is 0 Å². The fourth-order valence-corrected chi connectivity index (χ4v) is 2.42. The van der Waals surface area contributed by atoms with Gasteiger partial charge in [0.15, 0.2) is 5.78 Å². The van der Waals surface area contributed by atoms with Gasteiger partial charge in [0, 0.05) is 6.07 Å². The second-order valence-electron chi connectivity index (χ2n) is 4.84. The van der Waals surface area contributed by atoms with Crippen molar-refractivity contribution in [1.82, 2.24) is 9.88 Å². The smallest absolute Gasteiger partial charge is 0.287 e. The third-order valence-electron chi connectivity index (χ3n) is 3.47. The molecule has 0 radical (unpaired) electrons. The predicted octanol–water partition coefficient (Wildman–Crippen LogP) is 0.445. The number of hydrogen-bond acceptors (Lipinski definition) is 5. The van der Waals surface area contributed by atoms with Gasteiger partial charge in [-0.25, -0.2) is 0 Å². The summed E-state index contributed by atoms with van der Waals surface area (Å²) in [5.41, 5.74) is 5.34. The molecule has 20 heavy (non-hydrogen) atoms. The van der Waals surface area contributed by atoms with E-state index in [-0.39, 0.29) is 23.7 Å². The van der Waals surface area contributed by atoms with E-state index in [1.54, 1.807) is 4.90 Å². The second kappa shape index (κ2) is 5.83. The number of amides is 1. The zero-order chi connectivity index (χ0) is 14.7. The summed E-state index contributed by atoms with van der Waals surface area (Å²) in [6.07, 6.45) is 3.64. The number of carbonyl (C=O) groups is 2. The van der Waals surface area contributed by atoms with Gasteiger partial charge in [-0.3, -0.25) is 24.6 Å². The lowest BCUT2D eigenvalue weighted by atomic mass is 10.0. The van der Waals surface area contributed by atoms with Gasteiger partial charge >= 0.3 is 0 Å². The van der Waals surface area contributed by atoms with Gasteiger partial charge in [-0.15, -0.1) is 0 Å². The fourth-order valence-electron chi connectivity index (χ4n) is 2.42. The van der Waals surface area contributed by atoms with Gasteiger partial charge in [0.25, 0.3) is 5.69 Å². The first-order valence-electron chi connectivity index (χ1n) is 6.38. The molecule has 1 atom stereocenters. The first-order chi connectivity index (χ1) is 9.49. The molecule has 2 rings (SSSR count). The molecule has 1 saturated heterocycles. The number of carbonyl (C=O) groups excluding carboxylic acids is 2. The summed E-state index contributed by atoms with van der Waals surface area (Å²) in [7, 11) is 0. The largest absolute Gasteiger partial charge is 0.368 e. The number of Topliss-reactive ketones (excluding diaryl/α,β-unsaturated/α-hetero) is 1. The number of aromatic amines is 1. The third-order valence-corrected chi connectivity index (χ3v) is 3.47. The van der Waals surface area contributed by atoms with E-state index >= 15 is 0 Å². The van der Waals surface area contributed by atoms with E-state index in [0.29, 0.717) is 13.0 Å². The van der Waals surface area contributed by atoms with Crippen molar-refractivity contribution in [3.05, 3.63) is 28.1 Å². The van der Waals surface area contributed by atoms with Crippen molar-refractivity contribution in [1.29, 1.82) is 0 Å². The Hall–Kier alpha value is -2.22. The van der Waals surface area contributed by atoms with Crippen LogP contribution < -0.4 is 5.73 Å². The number of likely N-dealkylation sites (tertiary alicyclic amines) is 1. The number of nitro groups is 1. The average molecular weight is 280 g/mol. The minimum atomic E-state index is -0.569. The van der Waals surface area contributed by atoms with Crippen molar-refractivity contribution >= 4 is 17.4 Å². The lowest BCUT2D eigenvalue weighted by Gasteiger charge is -2.32. The average Bonchev–Trinajstić information content (AvgIpc) is 2.89. The Morgan fingerprint density at radius 1 is 1.50 bits per heavy atom. The van der Waals surface area contributed by atoms with Gasteiger partial charge in [0.2, 0.25) is 5.91 Å². The van der Waals surface area contributed by atoms with Crippen LogP contribution in [0.25, 0.3) is 0 Å². The summed E-state index contributed by atoms with van der Waals surface area (Å²) < 4.78 is 0. The molecule has 0 aliphatic carbocycles. The maximum atomic E-state index is 12.1. The van der Waals surface area contributed by atoms with E-state index in [0.717, 1.165) is 12.8 Å². The van der Waals surface area contributed by atoms with Crippen LogP contribution >= 0.6 is 0 Å². The van der Waals surface area contributed by atoms with Crippen LogP contribution in [-0.4, -0.2) is 45.6 Å². The molecule has 1 aromatic heterocycles. The summed E-state index contributed by atoms with van der Waals surface area (Å²) in [5, 5.41) is 10.6. The SMILES string of the molecule is NC(=O)C1CCCCN1CC(=O)c1cc([N+](=O)[O-])c[nH]1. The van der Waals surface area contributed by atoms with Crippen molar-refractivity contribution in [2.75, 3.05) is 13.1 Å². The van der Waals surface area contributed by atoms with Crippen LogP contribution in [0, 0.1) is 10.1 Å². The maximum absolute atomic E-state index is 12.1. The summed E-state index contributed by atoms with van der Waals surface area (Å²) in [4.78, 5) is 37.7. The number of ketones is 1. The Balaban J connectivity index is 2.05. The molecule has 8 nitrogen and oxygen atoms in total. The minimum absolute atomic E-state index is 0.0330. The summed E-state index contributed by atoms with van der Waals surface area (Å²) in [6, 6.07) is 0.767. The van der Waals surface area contributed by atoms with Crippen LogP contribution in [0.15, 0.2) is 12.3 Å². The highest BCUT2D eigenvalue weighted by molar-refractivity contribution is 5.97. The van der Waals surface area contributed by atoms with E-state index in [1.165, 1.54) is 12.3 Å². The van der Waals surface area contributed by atoms with Crippen molar-refractivity contribution in [2.24, 2.45) is 5.73 Å². The predicted molar refractivity (Wildman–Crippen MR) is 70.2 cm³/mol. The molecule has 2 heterocycles. The Morgan fingerprint density at radius 2 is 2.25 bits per heavy atom. The third kappa shape index (κ3) is 3.02. The van der Waals surface area contributed by atoms with Crippen LogP contribution in [-0.2, 0) is 4.79 Å². The molecule has 0 bridgehead atoms. The zero-order valence-electron chi connectivity index (χ0n) is 10.9. The molecule has 108 valence electrons. The highest BCUT2D eigenvalue weighted by Gasteiger charge is 2.29. The normalized spacial score (nSPS) is 19.7. The van der Waals surface area contributed by atoms with Gasteiger partial charge in [-0.05, 0) is 19.4 Å². The molecule has 1 aliphatic rings. The fraction of sp³-hybridized carbons (Fsp3) is 0.500. The Kier molecular flexibility index (Phi) is 4.14. The van der Waals surface area contributed by atoms with Crippen LogP contribution in [0.5, 0.6) is 0 Å². The summed E-state index contributed by atoms with van der Waals surface area (Å²) >= 11 is 0.